The van der Waals surface area contributed by atoms with Crippen LogP contribution in [0.5, 0.6) is 0 Å². The van der Waals surface area contributed by atoms with Gasteiger partial charge in [-0.15, -0.1) is 0 Å². The van der Waals surface area contributed by atoms with Crippen LogP contribution in [-0.4, -0.2) is 50.6 Å². The summed E-state index contributed by atoms with van der Waals surface area (Å²) in [5.41, 5.74) is -0.291. The number of aromatic nitrogens is 4. The van der Waals surface area contributed by atoms with E-state index in [2.05, 4.69) is 25.5 Å². The number of aliphatic hydroxyl groups is 1. The highest BCUT2D eigenvalue weighted by Crippen LogP contribution is 2.23. The van der Waals surface area contributed by atoms with Gasteiger partial charge in [0, 0.05) is 19.6 Å². The van der Waals surface area contributed by atoms with Crippen LogP contribution < -0.4 is 5.32 Å². The van der Waals surface area contributed by atoms with Crippen molar-refractivity contribution in [2.24, 2.45) is 0 Å². The summed E-state index contributed by atoms with van der Waals surface area (Å²) in [6, 6.07) is 0. The van der Waals surface area contributed by atoms with E-state index in [1.807, 2.05) is 0 Å². The maximum absolute atomic E-state index is 10.2. The van der Waals surface area contributed by atoms with E-state index in [1.54, 1.807) is 6.20 Å². The molecule has 0 radical (unpaired) electrons. The summed E-state index contributed by atoms with van der Waals surface area (Å²) in [6.45, 7) is 1.25. The molecular weight excluding hydrogens is 258 g/mol. The maximum atomic E-state index is 10.2. The summed E-state index contributed by atoms with van der Waals surface area (Å²) < 4.78 is 5.18. The van der Waals surface area contributed by atoms with Gasteiger partial charge in [0.2, 0.25) is 5.28 Å². The van der Waals surface area contributed by atoms with Crippen LogP contribution in [-0.2, 0) is 4.74 Å². The second-order valence-electron chi connectivity index (χ2n) is 4.35. The average molecular weight is 270 g/mol. The summed E-state index contributed by atoms with van der Waals surface area (Å²) >= 11 is 5.81. The maximum Gasteiger partial charge on any atom is 0.226 e. The van der Waals surface area contributed by atoms with E-state index in [-0.39, 0.29) is 5.28 Å². The van der Waals surface area contributed by atoms with Crippen molar-refractivity contribution in [1.29, 1.82) is 0 Å². The van der Waals surface area contributed by atoms with Crippen molar-refractivity contribution in [3.05, 3.63) is 11.5 Å². The molecule has 3 N–H and O–H groups in total. The monoisotopic (exact) mass is 269 g/mol. The van der Waals surface area contributed by atoms with E-state index in [4.69, 9.17) is 16.3 Å². The quantitative estimate of drug-likeness (QED) is 0.705. The molecule has 3 rings (SSSR count). The molecule has 1 fully saturated rings. The molecule has 1 saturated heterocycles. The van der Waals surface area contributed by atoms with Crippen LogP contribution in [0.25, 0.3) is 11.0 Å². The van der Waals surface area contributed by atoms with Crippen molar-refractivity contribution >= 4 is 28.5 Å². The number of aromatic amines is 1. The van der Waals surface area contributed by atoms with Gasteiger partial charge in [0.25, 0.3) is 0 Å². The SMILES string of the molecule is OC1(CNc2nc(Cl)nc3[nH]ncc23)CCOC1. The van der Waals surface area contributed by atoms with E-state index < -0.39 is 5.60 Å². The number of hydrogen-bond acceptors (Lipinski definition) is 6. The molecule has 1 aliphatic heterocycles. The molecule has 96 valence electrons. The van der Waals surface area contributed by atoms with Crippen LogP contribution in [0.15, 0.2) is 6.20 Å². The fourth-order valence-electron chi connectivity index (χ4n) is 1.93. The Bertz CT molecular complexity index is 566. The third-order valence-corrected chi connectivity index (χ3v) is 3.12. The van der Waals surface area contributed by atoms with Crippen molar-refractivity contribution in [2.45, 2.75) is 12.0 Å². The van der Waals surface area contributed by atoms with E-state index in [1.165, 1.54) is 0 Å². The van der Waals surface area contributed by atoms with E-state index in [0.717, 1.165) is 5.39 Å². The van der Waals surface area contributed by atoms with Gasteiger partial charge in [-0.25, -0.2) is 0 Å². The van der Waals surface area contributed by atoms with Gasteiger partial charge in [0.1, 0.15) is 11.4 Å². The van der Waals surface area contributed by atoms with Gasteiger partial charge >= 0.3 is 0 Å². The Labute approximate surface area is 108 Å². The molecule has 0 amide bonds. The first-order valence-electron chi connectivity index (χ1n) is 5.57. The Balaban J connectivity index is 1.83. The van der Waals surface area contributed by atoms with Crippen molar-refractivity contribution in [1.82, 2.24) is 20.2 Å². The fourth-order valence-corrected chi connectivity index (χ4v) is 2.10. The van der Waals surface area contributed by atoms with Gasteiger partial charge < -0.3 is 15.2 Å². The van der Waals surface area contributed by atoms with E-state index in [9.17, 15) is 5.11 Å². The van der Waals surface area contributed by atoms with Crippen LogP contribution >= 0.6 is 11.6 Å². The number of fused-ring (bicyclic) bond motifs is 1. The lowest BCUT2D eigenvalue weighted by Gasteiger charge is -2.21. The minimum Gasteiger partial charge on any atom is -0.386 e. The molecule has 1 unspecified atom stereocenters. The van der Waals surface area contributed by atoms with Crippen molar-refractivity contribution < 1.29 is 9.84 Å². The summed E-state index contributed by atoms with van der Waals surface area (Å²) in [4.78, 5) is 8.10. The predicted octanol–water partition coefficient (Wildman–Crippen LogP) is 0.570. The molecule has 2 aromatic heterocycles. The first-order chi connectivity index (χ1) is 8.66. The highest BCUT2D eigenvalue weighted by atomic mass is 35.5. The number of H-pyrrole nitrogens is 1. The van der Waals surface area contributed by atoms with E-state index >= 15 is 0 Å². The summed E-state index contributed by atoms with van der Waals surface area (Å²) in [7, 11) is 0. The van der Waals surface area contributed by atoms with Crippen LogP contribution in [0.3, 0.4) is 0 Å². The highest BCUT2D eigenvalue weighted by molar-refractivity contribution is 6.28. The van der Waals surface area contributed by atoms with Gasteiger partial charge in [0.15, 0.2) is 5.65 Å². The van der Waals surface area contributed by atoms with Gasteiger partial charge in [-0.2, -0.15) is 15.1 Å². The molecule has 0 saturated carbocycles. The number of rotatable bonds is 3. The predicted molar refractivity (Wildman–Crippen MR) is 65.6 cm³/mol. The average Bonchev–Trinajstić information content (AvgIpc) is 2.95. The largest absolute Gasteiger partial charge is 0.386 e. The standard InChI is InChI=1S/C10H12ClN5O2/c11-9-14-7(6-3-13-16-8(6)15-9)12-4-10(17)1-2-18-5-10/h3,17H,1-2,4-5H2,(H2,12,13,14,15,16). The summed E-state index contributed by atoms with van der Waals surface area (Å²) in [5.74, 6) is 0.555. The third kappa shape index (κ3) is 2.12. The number of nitrogens with one attached hydrogen (secondary N) is 2. The van der Waals surface area contributed by atoms with Gasteiger partial charge in [0.05, 0.1) is 18.2 Å². The number of hydrogen-bond donors (Lipinski definition) is 3. The lowest BCUT2D eigenvalue weighted by atomic mass is 10.0. The molecule has 2 aromatic rings. The molecule has 7 nitrogen and oxygen atoms in total. The number of nitrogens with zero attached hydrogens (tertiary/aromatic N) is 3. The van der Waals surface area contributed by atoms with Gasteiger partial charge in [-0.05, 0) is 11.6 Å². The normalized spacial score (nSPS) is 23.7. The summed E-state index contributed by atoms with van der Waals surface area (Å²) in [5, 5.41) is 20.7. The zero-order valence-electron chi connectivity index (χ0n) is 9.48. The fraction of sp³-hybridized carbons (Fsp3) is 0.500. The minimum atomic E-state index is -0.854. The molecule has 0 aromatic carbocycles. The Hall–Kier alpha value is -1.44. The van der Waals surface area contributed by atoms with Crippen molar-refractivity contribution in [3.8, 4) is 0 Å². The Kier molecular flexibility index (Phi) is 2.81. The lowest BCUT2D eigenvalue weighted by Crippen LogP contribution is -2.37. The van der Waals surface area contributed by atoms with Crippen LogP contribution in [0.4, 0.5) is 5.82 Å². The lowest BCUT2D eigenvalue weighted by molar-refractivity contribution is 0.0381. The van der Waals surface area contributed by atoms with Crippen molar-refractivity contribution in [2.75, 3.05) is 25.1 Å². The molecule has 8 heteroatoms. The second kappa shape index (κ2) is 4.34. The van der Waals surface area contributed by atoms with Gasteiger partial charge in [-0.1, -0.05) is 0 Å². The van der Waals surface area contributed by atoms with Crippen LogP contribution in [0.1, 0.15) is 6.42 Å². The Morgan fingerprint density at radius 3 is 3.22 bits per heavy atom. The number of halogens is 1. The Morgan fingerprint density at radius 1 is 1.56 bits per heavy atom. The second-order valence-corrected chi connectivity index (χ2v) is 4.69. The van der Waals surface area contributed by atoms with Crippen molar-refractivity contribution in [3.63, 3.8) is 0 Å². The molecule has 0 aliphatic carbocycles. The minimum absolute atomic E-state index is 0.129. The molecular formula is C10H12ClN5O2. The molecule has 0 bridgehead atoms. The first kappa shape index (κ1) is 11.6. The molecule has 0 spiro atoms. The molecule has 3 heterocycles. The molecule has 18 heavy (non-hydrogen) atoms. The smallest absolute Gasteiger partial charge is 0.226 e. The van der Waals surface area contributed by atoms with E-state index in [0.29, 0.717) is 37.6 Å². The van der Waals surface area contributed by atoms with Crippen LogP contribution in [0, 0.1) is 0 Å². The highest BCUT2D eigenvalue weighted by Gasteiger charge is 2.32. The first-order valence-corrected chi connectivity index (χ1v) is 5.95. The topological polar surface area (TPSA) is 96.0 Å². The van der Waals surface area contributed by atoms with Gasteiger partial charge in [-0.3, -0.25) is 5.10 Å². The zero-order valence-corrected chi connectivity index (χ0v) is 10.2. The number of ether oxygens (including phenoxy) is 1. The summed E-state index contributed by atoms with van der Waals surface area (Å²) in [6.07, 6.45) is 2.22. The number of anilines is 1. The molecule has 1 aliphatic rings. The third-order valence-electron chi connectivity index (χ3n) is 2.95. The zero-order chi connectivity index (χ0) is 12.6. The Morgan fingerprint density at radius 2 is 2.44 bits per heavy atom. The molecule has 1 atom stereocenters. The van der Waals surface area contributed by atoms with Crippen LogP contribution in [0.2, 0.25) is 5.28 Å².